The number of benzene rings is 2. The van der Waals surface area contributed by atoms with Gasteiger partial charge in [-0.15, -0.1) is 0 Å². The Kier molecular flexibility index (Phi) is 7.85. The topological polar surface area (TPSA) is 55.9 Å². The van der Waals surface area contributed by atoms with E-state index < -0.39 is 0 Å². The van der Waals surface area contributed by atoms with Crippen LogP contribution in [-0.2, 0) is 16.1 Å². The van der Waals surface area contributed by atoms with Crippen molar-refractivity contribution < 1.29 is 9.59 Å². The number of rotatable bonds is 7. The minimum Gasteiger partial charge on any atom is -0.335 e. The number of aryl methyl sites for hydroxylation is 1. The summed E-state index contributed by atoms with van der Waals surface area (Å²) in [6, 6.07) is 15.5. The number of likely N-dealkylation sites (N-methyl/N-ethyl adjacent to an activating group) is 1. The summed E-state index contributed by atoms with van der Waals surface area (Å²) in [6.45, 7) is 6.76. The van der Waals surface area contributed by atoms with E-state index in [1.54, 1.807) is 7.05 Å². The largest absolute Gasteiger partial charge is 0.335 e. The third-order valence-electron chi connectivity index (χ3n) is 5.29. The van der Waals surface area contributed by atoms with Gasteiger partial charge in [-0.2, -0.15) is 0 Å². The van der Waals surface area contributed by atoms with Crippen molar-refractivity contribution in [2.75, 3.05) is 51.6 Å². The van der Waals surface area contributed by atoms with Gasteiger partial charge in [0.2, 0.25) is 11.8 Å². The number of amides is 2. The van der Waals surface area contributed by atoms with Crippen LogP contribution in [0.1, 0.15) is 11.1 Å². The molecule has 2 aromatic rings. The van der Waals surface area contributed by atoms with E-state index >= 15 is 0 Å². The quantitative estimate of drug-likeness (QED) is 0.736. The molecular formula is C23H29ClN4O2. The summed E-state index contributed by atoms with van der Waals surface area (Å²) in [6.07, 6.45) is 0. The minimum atomic E-state index is -0.192. The molecule has 0 aliphatic carbocycles. The maximum atomic E-state index is 12.5. The number of hydrogen-bond donors (Lipinski definition) is 1. The van der Waals surface area contributed by atoms with E-state index in [4.69, 9.17) is 11.6 Å². The first kappa shape index (κ1) is 22.3. The molecule has 2 amide bonds. The Labute approximate surface area is 183 Å². The second-order valence-electron chi connectivity index (χ2n) is 7.84. The van der Waals surface area contributed by atoms with E-state index in [9.17, 15) is 9.59 Å². The molecule has 0 aromatic heterocycles. The predicted molar refractivity (Wildman–Crippen MR) is 121 cm³/mol. The zero-order chi connectivity index (χ0) is 21.5. The van der Waals surface area contributed by atoms with Crippen molar-refractivity contribution in [3.05, 3.63) is 64.7 Å². The van der Waals surface area contributed by atoms with Crippen LogP contribution in [0.4, 0.5) is 5.69 Å². The Balaban J connectivity index is 1.38. The number of nitrogens with zero attached hydrogens (tertiary/aromatic N) is 3. The molecular weight excluding hydrogens is 400 g/mol. The number of halogens is 1. The van der Waals surface area contributed by atoms with Crippen molar-refractivity contribution in [1.82, 2.24) is 14.7 Å². The average molecular weight is 429 g/mol. The summed E-state index contributed by atoms with van der Waals surface area (Å²) in [4.78, 5) is 30.8. The molecule has 30 heavy (non-hydrogen) atoms. The number of anilines is 1. The van der Waals surface area contributed by atoms with Crippen LogP contribution in [0.3, 0.4) is 0 Å². The van der Waals surface area contributed by atoms with E-state index in [2.05, 4.69) is 27.2 Å². The molecule has 6 nitrogen and oxygen atoms in total. The normalized spacial score (nSPS) is 15.0. The highest BCUT2D eigenvalue weighted by molar-refractivity contribution is 6.30. The SMILES string of the molecule is Cc1ccc(NC(=O)CN(C)C(=O)CN2CCN(Cc3ccc(Cl)cc3)CC2)cc1. The van der Waals surface area contributed by atoms with Crippen molar-refractivity contribution >= 4 is 29.1 Å². The minimum absolute atomic E-state index is 0.0415. The molecule has 7 heteroatoms. The van der Waals surface area contributed by atoms with E-state index in [-0.39, 0.29) is 18.4 Å². The number of nitrogens with one attached hydrogen (secondary N) is 1. The highest BCUT2D eigenvalue weighted by Crippen LogP contribution is 2.13. The fraction of sp³-hybridized carbons (Fsp3) is 0.391. The summed E-state index contributed by atoms with van der Waals surface area (Å²) in [5.41, 5.74) is 3.11. The van der Waals surface area contributed by atoms with Crippen LogP contribution < -0.4 is 5.32 Å². The van der Waals surface area contributed by atoms with Crippen molar-refractivity contribution in [2.45, 2.75) is 13.5 Å². The van der Waals surface area contributed by atoms with Crippen LogP contribution in [0.25, 0.3) is 0 Å². The lowest BCUT2D eigenvalue weighted by atomic mass is 10.2. The van der Waals surface area contributed by atoms with Crippen molar-refractivity contribution in [3.63, 3.8) is 0 Å². The average Bonchev–Trinajstić information content (AvgIpc) is 2.72. The fourth-order valence-electron chi connectivity index (χ4n) is 3.41. The van der Waals surface area contributed by atoms with Gasteiger partial charge in [-0.25, -0.2) is 0 Å². The lowest BCUT2D eigenvalue weighted by molar-refractivity contribution is -0.134. The standard InChI is InChI=1S/C23H29ClN4O2/c1-18-3-9-21(10-4-18)25-22(29)16-26(2)23(30)17-28-13-11-27(12-14-28)15-19-5-7-20(24)8-6-19/h3-10H,11-17H2,1-2H3,(H,25,29). The molecule has 1 aliphatic rings. The van der Waals surface area contributed by atoms with Crippen molar-refractivity contribution in [1.29, 1.82) is 0 Å². The molecule has 1 N–H and O–H groups in total. The molecule has 0 saturated carbocycles. The van der Waals surface area contributed by atoms with Crippen LogP contribution in [0.2, 0.25) is 5.02 Å². The summed E-state index contributed by atoms with van der Waals surface area (Å²) >= 11 is 5.94. The number of carbonyl (C=O) groups is 2. The van der Waals surface area contributed by atoms with Gasteiger partial charge in [0, 0.05) is 50.5 Å². The predicted octanol–water partition coefficient (Wildman–Crippen LogP) is 2.86. The van der Waals surface area contributed by atoms with E-state index in [0.29, 0.717) is 6.54 Å². The Morgan fingerprint density at radius 1 is 0.967 bits per heavy atom. The van der Waals surface area contributed by atoms with Gasteiger partial charge in [-0.05, 0) is 36.8 Å². The smallest absolute Gasteiger partial charge is 0.243 e. The molecule has 160 valence electrons. The summed E-state index contributed by atoms with van der Waals surface area (Å²) in [5.74, 6) is -0.234. The zero-order valence-electron chi connectivity index (χ0n) is 17.6. The summed E-state index contributed by atoms with van der Waals surface area (Å²) in [5, 5.41) is 3.58. The van der Waals surface area contributed by atoms with Crippen LogP contribution >= 0.6 is 11.6 Å². The first-order valence-corrected chi connectivity index (χ1v) is 10.6. The lowest BCUT2D eigenvalue weighted by Gasteiger charge is -2.35. The fourth-order valence-corrected chi connectivity index (χ4v) is 3.53. The van der Waals surface area contributed by atoms with Gasteiger partial charge in [0.05, 0.1) is 13.1 Å². The molecule has 0 atom stereocenters. The Bertz CT molecular complexity index is 847. The van der Waals surface area contributed by atoms with Crippen LogP contribution in [0, 0.1) is 6.92 Å². The van der Waals surface area contributed by atoms with Crippen LogP contribution in [-0.4, -0.2) is 72.8 Å². The first-order chi connectivity index (χ1) is 14.4. The molecule has 2 aromatic carbocycles. The second kappa shape index (κ2) is 10.6. The first-order valence-electron chi connectivity index (χ1n) is 10.2. The van der Waals surface area contributed by atoms with Gasteiger partial charge in [0.1, 0.15) is 0 Å². The van der Waals surface area contributed by atoms with E-state index in [0.717, 1.165) is 49.0 Å². The summed E-state index contributed by atoms with van der Waals surface area (Å²) < 4.78 is 0. The van der Waals surface area contributed by atoms with Gasteiger partial charge in [0.25, 0.3) is 0 Å². The molecule has 0 unspecified atom stereocenters. The highest BCUT2D eigenvalue weighted by Gasteiger charge is 2.21. The van der Waals surface area contributed by atoms with Gasteiger partial charge < -0.3 is 10.2 Å². The maximum Gasteiger partial charge on any atom is 0.243 e. The Morgan fingerprint density at radius 2 is 1.57 bits per heavy atom. The Hall–Kier alpha value is -2.41. The lowest BCUT2D eigenvalue weighted by Crippen LogP contribution is -2.49. The Morgan fingerprint density at radius 3 is 2.20 bits per heavy atom. The molecule has 1 heterocycles. The molecule has 3 rings (SSSR count). The third kappa shape index (κ3) is 6.83. The van der Waals surface area contributed by atoms with Crippen molar-refractivity contribution in [3.8, 4) is 0 Å². The van der Waals surface area contributed by atoms with E-state index in [1.807, 2.05) is 43.3 Å². The molecule has 0 spiro atoms. The second-order valence-corrected chi connectivity index (χ2v) is 8.28. The van der Waals surface area contributed by atoms with E-state index in [1.165, 1.54) is 10.5 Å². The molecule has 1 aliphatic heterocycles. The van der Waals surface area contributed by atoms with Crippen LogP contribution in [0.15, 0.2) is 48.5 Å². The zero-order valence-corrected chi connectivity index (χ0v) is 18.4. The van der Waals surface area contributed by atoms with Gasteiger partial charge in [-0.3, -0.25) is 19.4 Å². The molecule has 1 fully saturated rings. The monoisotopic (exact) mass is 428 g/mol. The van der Waals surface area contributed by atoms with Gasteiger partial charge in [0.15, 0.2) is 0 Å². The molecule has 1 saturated heterocycles. The molecule has 0 radical (unpaired) electrons. The summed E-state index contributed by atoms with van der Waals surface area (Å²) in [7, 11) is 1.67. The van der Waals surface area contributed by atoms with Crippen molar-refractivity contribution in [2.24, 2.45) is 0 Å². The van der Waals surface area contributed by atoms with Crippen LogP contribution in [0.5, 0.6) is 0 Å². The van der Waals surface area contributed by atoms with Gasteiger partial charge in [-0.1, -0.05) is 41.4 Å². The number of carbonyl (C=O) groups excluding carboxylic acids is 2. The third-order valence-corrected chi connectivity index (χ3v) is 5.54. The number of piperazine rings is 1. The molecule has 0 bridgehead atoms. The van der Waals surface area contributed by atoms with Gasteiger partial charge >= 0.3 is 0 Å². The number of hydrogen-bond acceptors (Lipinski definition) is 4. The highest BCUT2D eigenvalue weighted by atomic mass is 35.5. The maximum absolute atomic E-state index is 12.5.